The van der Waals surface area contributed by atoms with E-state index in [1.54, 1.807) is 0 Å². The van der Waals surface area contributed by atoms with Crippen molar-refractivity contribution in [2.45, 2.75) is 25.7 Å². The third-order valence-electron chi connectivity index (χ3n) is 1.90. The zero-order valence-electron chi connectivity index (χ0n) is 7.66. The van der Waals surface area contributed by atoms with Crippen LogP contribution in [0.5, 0.6) is 0 Å². The van der Waals surface area contributed by atoms with Gasteiger partial charge in [-0.1, -0.05) is 12.5 Å². The normalized spacial score (nSPS) is 10.2. The van der Waals surface area contributed by atoms with Gasteiger partial charge in [-0.25, -0.2) is 0 Å². The van der Waals surface area contributed by atoms with Gasteiger partial charge in [0, 0.05) is 6.42 Å². The Bertz CT molecular complexity index is 243. The second-order valence-corrected chi connectivity index (χ2v) is 3.95. The van der Waals surface area contributed by atoms with E-state index in [0.717, 1.165) is 30.7 Å². The second-order valence-electron chi connectivity index (χ2n) is 3.00. The highest BCUT2D eigenvalue weighted by Gasteiger charge is 2.05. The molecule has 0 saturated carbocycles. The Morgan fingerprint density at radius 1 is 1.38 bits per heavy atom. The predicted octanol–water partition coefficient (Wildman–Crippen LogP) is 2.45. The summed E-state index contributed by atoms with van der Waals surface area (Å²) in [5, 5.41) is 1.94. The molecule has 0 amide bonds. The van der Waals surface area contributed by atoms with Crippen molar-refractivity contribution >= 4 is 17.1 Å². The minimum absolute atomic E-state index is 0.270. The molecule has 0 aromatic carbocycles. The van der Waals surface area contributed by atoms with Crippen LogP contribution in [-0.2, 0) is 0 Å². The van der Waals surface area contributed by atoms with E-state index in [1.807, 2.05) is 17.5 Å². The predicted molar refractivity (Wildman–Crippen MR) is 56.2 cm³/mol. The Morgan fingerprint density at radius 3 is 2.85 bits per heavy atom. The number of carbonyl (C=O) groups excluding carboxylic acids is 1. The molecule has 0 aliphatic rings. The largest absolute Gasteiger partial charge is 0.330 e. The van der Waals surface area contributed by atoms with Crippen molar-refractivity contribution < 1.29 is 4.79 Å². The first-order valence-corrected chi connectivity index (χ1v) is 5.49. The zero-order valence-corrected chi connectivity index (χ0v) is 8.48. The van der Waals surface area contributed by atoms with Crippen LogP contribution >= 0.6 is 11.3 Å². The first-order valence-electron chi connectivity index (χ1n) is 4.61. The number of rotatable bonds is 6. The molecule has 0 fully saturated rings. The summed E-state index contributed by atoms with van der Waals surface area (Å²) in [7, 11) is 0. The Hall–Kier alpha value is -0.670. The summed E-state index contributed by atoms with van der Waals surface area (Å²) in [5.74, 6) is 0.270. The van der Waals surface area contributed by atoms with Gasteiger partial charge in [0.1, 0.15) is 0 Å². The Balaban J connectivity index is 2.19. The van der Waals surface area contributed by atoms with Gasteiger partial charge in [-0.2, -0.15) is 0 Å². The van der Waals surface area contributed by atoms with E-state index in [1.165, 1.54) is 11.3 Å². The molecule has 1 aromatic heterocycles. The van der Waals surface area contributed by atoms with Gasteiger partial charge in [0.25, 0.3) is 0 Å². The van der Waals surface area contributed by atoms with Crippen LogP contribution in [0, 0.1) is 0 Å². The summed E-state index contributed by atoms with van der Waals surface area (Å²) in [6.45, 7) is 0.729. The maximum absolute atomic E-state index is 11.4. The molecule has 0 atom stereocenters. The molecule has 3 heteroatoms. The summed E-state index contributed by atoms with van der Waals surface area (Å²) in [5.41, 5.74) is 5.36. The standard InChI is InChI=1S/C10H15NOS/c11-7-3-1-2-5-9(12)10-6-4-8-13-10/h4,6,8H,1-3,5,7,11H2. The monoisotopic (exact) mass is 197 g/mol. The quantitative estimate of drug-likeness (QED) is 0.562. The lowest BCUT2D eigenvalue weighted by atomic mass is 10.1. The van der Waals surface area contributed by atoms with Gasteiger partial charge in [-0.15, -0.1) is 11.3 Å². The van der Waals surface area contributed by atoms with Gasteiger partial charge in [0.15, 0.2) is 5.78 Å². The molecule has 0 spiro atoms. The molecule has 0 aliphatic carbocycles. The van der Waals surface area contributed by atoms with Gasteiger partial charge >= 0.3 is 0 Å². The summed E-state index contributed by atoms with van der Waals surface area (Å²) >= 11 is 1.52. The second kappa shape index (κ2) is 5.89. The molecule has 0 aliphatic heterocycles. The number of thiophene rings is 1. The molecule has 13 heavy (non-hydrogen) atoms. The number of unbranched alkanes of at least 4 members (excludes halogenated alkanes) is 2. The van der Waals surface area contributed by atoms with Gasteiger partial charge in [-0.3, -0.25) is 4.79 Å². The summed E-state index contributed by atoms with van der Waals surface area (Å²) in [6.07, 6.45) is 3.72. The highest BCUT2D eigenvalue weighted by molar-refractivity contribution is 7.12. The molecule has 72 valence electrons. The third-order valence-corrected chi connectivity index (χ3v) is 2.81. The van der Waals surface area contributed by atoms with E-state index in [9.17, 15) is 4.79 Å². The number of carbonyl (C=O) groups is 1. The van der Waals surface area contributed by atoms with Gasteiger partial charge < -0.3 is 5.73 Å². The molecule has 1 heterocycles. The maximum Gasteiger partial charge on any atom is 0.172 e. The topological polar surface area (TPSA) is 43.1 Å². The van der Waals surface area contributed by atoms with Crippen LogP contribution in [0.25, 0.3) is 0 Å². The maximum atomic E-state index is 11.4. The van der Waals surface area contributed by atoms with Crippen molar-refractivity contribution in [1.82, 2.24) is 0 Å². The molecule has 2 nitrogen and oxygen atoms in total. The SMILES string of the molecule is NCCCCCC(=O)c1cccs1. The molecule has 1 rings (SSSR count). The fourth-order valence-electron chi connectivity index (χ4n) is 1.17. The van der Waals surface area contributed by atoms with Crippen molar-refractivity contribution in [3.05, 3.63) is 22.4 Å². The van der Waals surface area contributed by atoms with Crippen molar-refractivity contribution in [3.8, 4) is 0 Å². The molecule has 0 saturated heterocycles. The minimum atomic E-state index is 0.270. The number of hydrogen-bond acceptors (Lipinski definition) is 3. The van der Waals surface area contributed by atoms with Crippen LogP contribution in [-0.4, -0.2) is 12.3 Å². The molecular weight excluding hydrogens is 182 g/mol. The average molecular weight is 197 g/mol. The summed E-state index contributed by atoms with van der Waals surface area (Å²) in [6, 6.07) is 3.80. The van der Waals surface area contributed by atoms with E-state index in [0.29, 0.717) is 6.42 Å². The highest BCUT2D eigenvalue weighted by atomic mass is 32.1. The molecule has 1 aromatic rings. The van der Waals surface area contributed by atoms with Gasteiger partial charge in [-0.05, 0) is 30.8 Å². The molecule has 0 unspecified atom stereocenters. The van der Waals surface area contributed by atoms with Crippen LogP contribution < -0.4 is 5.73 Å². The number of ketones is 1. The molecular formula is C10H15NOS. The zero-order chi connectivity index (χ0) is 9.52. The Labute approximate surface area is 82.8 Å². The van der Waals surface area contributed by atoms with Crippen LogP contribution in [0.1, 0.15) is 35.4 Å². The van der Waals surface area contributed by atoms with Crippen LogP contribution in [0.2, 0.25) is 0 Å². The van der Waals surface area contributed by atoms with E-state index < -0.39 is 0 Å². The molecule has 2 N–H and O–H groups in total. The van der Waals surface area contributed by atoms with Crippen molar-refractivity contribution in [3.63, 3.8) is 0 Å². The Kier molecular flexibility index (Phi) is 4.72. The van der Waals surface area contributed by atoms with Crippen LogP contribution in [0.3, 0.4) is 0 Å². The number of Topliss-reactive ketones (excluding diaryl/α,β-unsaturated/α-hetero) is 1. The van der Waals surface area contributed by atoms with Crippen LogP contribution in [0.4, 0.5) is 0 Å². The highest BCUT2D eigenvalue weighted by Crippen LogP contribution is 2.13. The summed E-state index contributed by atoms with van der Waals surface area (Å²) in [4.78, 5) is 12.3. The lowest BCUT2D eigenvalue weighted by Gasteiger charge is -1.97. The van der Waals surface area contributed by atoms with E-state index in [4.69, 9.17) is 5.73 Å². The smallest absolute Gasteiger partial charge is 0.172 e. The van der Waals surface area contributed by atoms with Gasteiger partial charge in [0.2, 0.25) is 0 Å². The lowest BCUT2D eigenvalue weighted by molar-refractivity contribution is 0.0983. The minimum Gasteiger partial charge on any atom is -0.330 e. The molecule has 0 bridgehead atoms. The molecule has 0 radical (unpaired) electrons. The van der Waals surface area contributed by atoms with Crippen LogP contribution in [0.15, 0.2) is 17.5 Å². The van der Waals surface area contributed by atoms with E-state index in [2.05, 4.69) is 0 Å². The average Bonchev–Trinajstić information content (AvgIpc) is 2.65. The van der Waals surface area contributed by atoms with Crippen molar-refractivity contribution in [2.75, 3.05) is 6.54 Å². The summed E-state index contributed by atoms with van der Waals surface area (Å²) < 4.78 is 0. The first kappa shape index (κ1) is 10.4. The van der Waals surface area contributed by atoms with E-state index >= 15 is 0 Å². The number of nitrogens with two attached hydrogens (primary N) is 1. The Morgan fingerprint density at radius 2 is 2.23 bits per heavy atom. The first-order chi connectivity index (χ1) is 6.34. The van der Waals surface area contributed by atoms with Gasteiger partial charge in [0.05, 0.1) is 4.88 Å². The lowest BCUT2D eigenvalue weighted by Crippen LogP contribution is -2.00. The fourth-order valence-corrected chi connectivity index (χ4v) is 1.86. The number of hydrogen-bond donors (Lipinski definition) is 1. The van der Waals surface area contributed by atoms with Crippen molar-refractivity contribution in [1.29, 1.82) is 0 Å². The van der Waals surface area contributed by atoms with Crippen molar-refractivity contribution in [2.24, 2.45) is 5.73 Å². The van der Waals surface area contributed by atoms with E-state index in [-0.39, 0.29) is 5.78 Å². The third kappa shape index (κ3) is 3.70. The fraction of sp³-hybridized carbons (Fsp3) is 0.500.